The Labute approximate surface area is 82.9 Å². The van der Waals surface area contributed by atoms with Gasteiger partial charge in [0.05, 0.1) is 0 Å². The van der Waals surface area contributed by atoms with Crippen LogP contribution in [0.1, 0.15) is 48.0 Å². The Hall–Kier alpha value is -1.18. The number of carbonyl (C=O) groups excluding carboxylic acids is 1. The molecule has 2 heteroatoms. The second-order valence-corrected chi connectivity index (χ2v) is 3.92. The minimum absolute atomic E-state index is 0.0342. The maximum absolute atomic E-state index is 13.0. The van der Waals surface area contributed by atoms with Crippen LogP contribution in [0.25, 0.3) is 0 Å². The lowest BCUT2D eigenvalue weighted by atomic mass is 9.77. The lowest BCUT2D eigenvalue weighted by molar-refractivity contribution is 0.101. The van der Waals surface area contributed by atoms with Crippen LogP contribution in [0.15, 0.2) is 18.2 Å². The van der Waals surface area contributed by atoms with Gasteiger partial charge in [-0.25, -0.2) is 4.39 Å². The van der Waals surface area contributed by atoms with E-state index in [1.165, 1.54) is 25.5 Å². The van der Waals surface area contributed by atoms with Crippen molar-refractivity contribution in [2.75, 3.05) is 0 Å². The van der Waals surface area contributed by atoms with Crippen LogP contribution in [-0.4, -0.2) is 5.78 Å². The highest BCUT2D eigenvalue weighted by Gasteiger charge is 2.23. The summed E-state index contributed by atoms with van der Waals surface area (Å²) >= 11 is 0. The highest BCUT2D eigenvalue weighted by atomic mass is 19.1. The first kappa shape index (κ1) is 9.38. The zero-order chi connectivity index (χ0) is 10.1. The van der Waals surface area contributed by atoms with E-state index in [4.69, 9.17) is 0 Å². The molecule has 0 radical (unpaired) electrons. The van der Waals surface area contributed by atoms with Crippen molar-refractivity contribution >= 4 is 5.78 Å². The Morgan fingerprint density at radius 1 is 1.43 bits per heavy atom. The highest BCUT2D eigenvalue weighted by molar-refractivity contribution is 5.95. The molecule has 1 aromatic rings. The molecule has 0 heterocycles. The Bertz CT molecular complexity index is 367. The van der Waals surface area contributed by atoms with Crippen molar-refractivity contribution in [3.05, 3.63) is 35.1 Å². The predicted molar refractivity (Wildman–Crippen MR) is 53.0 cm³/mol. The highest BCUT2D eigenvalue weighted by Crippen LogP contribution is 2.38. The van der Waals surface area contributed by atoms with Gasteiger partial charge in [0.25, 0.3) is 0 Å². The summed E-state index contributed by atoms with van der Waals surface area (Å²) in [5.41, 5.74) is 1.60. The third kappa shape index (κ3) is 1.57. The van der Waals surface area contributed by atoms with Crippen LogP contribution in [0.2, 0.25) is 0 Å². The van der Waals surface area contributed by atoms with Crippen molar-refractivity contribution in [2.45, 2.75) is 32.1 Å². The summed E-state index contributed by atoms with van der Waals surface area (Å²) in [5.74, 6) is 0.202. The number of hydrogen-bond donors (Lipinski definition) is 0. The van der Waals surface area contributed by atoms with Crippen molar-refractivity contribution in [1.82, 2.24) is 0 Å². The molecule has 1 aromatic carbocycles. The molecule has 0 bridgehead atoms. The van der Waals surface area contributed by atoms with Gasteiger partial charge in [-0.3, -0.25) is 4.79 Å². The lowest BCUT2D eigenvalue weighted by Gasteiger charge is -2.27. The first-order valence-electron chi connectivity index (χ1n) is 4.99. The Morgan fingerprint density at radius 2 is 2.14 bits per heavy atom. The third-order valence-electron chi connectivity index (χ3n) is 2.94. The van der Waals surface area contributed by atoms with Gasteiger partial charge in [0.15, 0.2) is 5.78 Å². The van der Waals surface area contributed by atoms with Crippen LogP contribution >= 0.6 is 0 Å². The zero-order valence-electron chi connectivity index (χ0n) is 8.22. The van der Waals surface area contributed by atoms with E-state index in [-0.39, 0.29) is 11.6 Å². The fourth-order valence-corrected chi connectivity index (χ4v) is 1.91. The molecular formula is C12H13FO. The second-order valence-electron chi connectivity index (χ2n) is 3.92. The Kier molecular flexibility index (Phi) is 2.36. The maximum Gasteiger partial charge on any atom is 0.160 e. The smallest absolute Gasteiger partial charge is 0.160 e. The van der Waals surface area contributed by atoms with Crippen LogP contribution in [0, 0.1) is 5.82 Å². The molecule has 0 spiro atoms. The molecule has 0 saturated heterocycles. The summed E-state index contributed by atoms with van der Waals surface area (Å²) in [6.45, 7) is 1.54. The molecule has 2 rings (SSSR count). The van der Waals surface area contributed by atoms with Crippen molar-refractivity contribution in [2.24, 2.45) is 0 Å². The van der Waals surface area contributed by atoms with E-state index < -0.39 is 0 Å². The molecule has 1 fully saturated rings. The molecule has 1 nitrogen and oxygen atoms in total. The van der Waals surface area contributed by atoms with Crippen LogP contribution < -0.4 is 0 Å². The van der Waals surface area contributed by atoms with Crippen molar-refractivity contribution in [1.29, 1.82) is 0 Å². The largest absolute Gasteiger partial charge is 0.295 e. The number of rotatable bonds is 2. The summed E-state index contributed by atoms with van der Waals surface area (Å²) < 4.78 is 13.0. The summed E-state index contributed by atoms with van der Waals surface area (Å²) in [7, 11) is 0. The number of carbonyl (C=O) groups is 1. The van der Waals surface area contributed by atoms with Gasteiger partial charge in [0, 0.05) is 5.56 Å². The van der Waals surface area contributed by atoms with E-state index in [0.29, 0.717) is 11.5 Å². The molecular weight excluding hydrogens is 179 g/mol. The van der Waals surface area contributed by atoms with Gasteiger partial charge in [-0.1, -0.05) is 6.42 Å². The van der Waals surface area contributed by atoms with Crippen molar-refractivity contribution in [3.8, 4) is 0 Å². The molecule has 0 N–H and O–H groups in total. The van der Waals surface area contributed by atoms with E-state index >= 15 is 0 Å². The normalized spacial score (nSPS) is 16.4. The van der Waals surface area contributed by atoms with Gasteiger partial charge >= 0.3 is 0 Å². The Balaban J connectivity index is 2.42. The molecule has 74 valence electrons. The molecule has 1 saturated carbocycles. The standard InChI is InChI=1S/C12H13FO/c1-8(14)11-6-5-10(13)7-12(11)9-3-2-4-9/h5-7,9H,2-4H2,1H3. The summed E-state index contributed by atoms with van der Waals surface area (Å²) in [5, 5.41) is 0. The third-order valence-corrected chi connectivity index (χ3v) is 2.94. The van der Waals surface area contributed by atoms with Gasteiger partial charge in [-0.2, -0.15) is 0 Å². The average Bonchev–Trinajstić information content (AvgIpc) is 2.00. The van der Waals surface area contributed by atoms with Gasteiger partial charge in [-0.15, -0.1) is 0 Å². The van der Waals surface area contributed by atoms with Gasteiger partial charge in [0.2, 0.25) is 0 Å². The number of hydrogen-bond acceptors (Lipinski definition) is 1. The molecule has 0 aromatic heterocycles. The minimum atomic E-state index is -0.239. The van der Waals surface area contributed by atoms with Gasteiger partial charge in [-0.05, 0) is 49.4 Å². The van der Waals surface area contributed by atoms with Gasteiger partial charge < -0.3 is 0 Å². The summed E-state index contributed by atoms with van der Waals surface area (Å²) in [6, 6.07) is 4.48. The van der Waals surface area contributed by atoms with Crippen LogP contribution in [-0.2, 0) is 0 Å². The monoisotopic (exact) mass is 192 g/mol. The fourth-order valence-electron chi connectivity index (χ4n) is 1.91. The van der Waals surface area contributed by atoms with Crippen molar-refractivity contribution < 1.29 is 9.18 Å². The molecule has 14 heavy (non-hydrogen) atoms. The molecule has 0 unspecified atom stereocenters. The molecule has 0 aliphatic heterocycles. The quantitative estimate of drug-likeness (QED) is 0.657. The average molecular weight is 192 g/mol. The van der Waals surface area contributed by atoms with Gasteiger partial charge in [0.1, 0.15) is 5.82 Å². The second kappa shape index (κ2) is 3.52. The van der Waals surface area contributed by atoms with Crippen LogP contribution in [0.5, 0.6) is 0 Å². The Morgan fingerprint density at radius 3 is 2.64 bits per heavy atom. The van der Waals surface area contributed by atoms with E-state index in [2.05, 4.69) is 0 Å². The molecule has 0 atom stereocenters. The van der Waals surface area contributed by atoms with Crippen LogP contribution in [0.3, 0.4) is 0 Å². The van der Waals surface area contributed by atoms with Crippen molar-refractivity contribution in [3.63, 3.8) is 0 Å². The number of halogens is 1. The number of Topliss-reactive ketones (excluding diaryl/α,β-unsaturated/α-hetero) is 1. The molecule has 1 aliphatic carbocycles. The first-order chi connectivity index (χ1) is 6.68. The maximum atomic E-state index is 13.0. The SMILES string of the molecule is CC(=O)c1ccc(F)cc1C1CCC1. The summed E-state index contributed by atoms with van der Waals surface area (Å²) in [4.78, 5) is 11.3. The van der Waals surface area contributed by atoms with E-state index in [1.807, 2.05) is 0 Å². The number of benzene rings is 1. The number of ketones is 1. The van der Waals surface area contributed by atoms with Crippen LogP contribution in [0.4, 0.5) is 4.39 Å². The summed E-state index contributed by atoms with van der Waals surface area (Å²) in [6.07, 6.45) is 3.37. The fraction of sp³-hybridized carbons (Fsp3) is 0.417. The lowest BCUT2D eigenvalue weighted by Crippen LogP contribution is -2.13. The van der Waals surface area contributed by atoms with E-state index in [1.54, 1.807) is 6.07 Å². The zero-order valence-corrected chi connectivity index (χ0v) is 8.22. The molecule has 1 aliphatic rings. The topological polar surface area (TPSA) is 17.1 Å². The predicted octanol–water partition coefficient (Wildman–Crippen LogP) is 3.30. The first-order valence-corrected chi connectivity index (χ1v) is 4.99. The van der Waals surface area contributed by atoms with E-state index in [0.717, 1.165) is 18.4 Å². The minimum Gasteiger partial charge on any atom is -0.295 e. The van der Waals surface area contributed by atoms with E-state index in [9.17, 15) is 9.18 Å². The molecule has 0 amide bonds.